The lowest BCUT2D eigenvalue weighted by atomic mass is 10.2. The summed E-state index contributed by atoms with van der Waals surface area (Å²) < 4.78 is 31.0. The lowest BCUT2D eigenvalue weighted by molar-refractivity contribution is 0.289. The number of rotatable bonds is 7. The van der Waals surface area contributed by atoms with Crippen LogP contribution in [0.15, 0.2) is 30.9 Å². The maximum absolute atomic E-state index is 13.1. The van der Waals surface area contributed by atoms with Gasteiger partial charge >= 0.3 is 0 Å². The van der Waals surface area contributed by atoms with Crippen molar-refractivity contribution in [1.82, 2.24) is 0 Å². The molecule has 0 atom stereocenters. The molecule has 16 heavy (non-hydrogen) atoms. The van der Waals surface area contributed by atoms with Gasteiger partial charge in [0.1, 0.15) is 5.82 Å². The average molecular weight is 226 g/mol. The van der Waals surface area contributed by atoms with Crippen molar-refractivity contribution in [2.24, 2.45) is 0 Å². The zero-order valence-corrected chi connectivity index (χ0v) is 9.22. The summed E-state index contributed by atoms with van der Waals surface area (Å²) in [5, 5.41) is 0. The molecule has 0 radical (unpaired) electrons. The molecule has 0 aliphatic rings. The van der Waals surface area contributed by atoms with E-state index in [4.69, 9.17) is 4.74 Å². The molecular weight excluding hydrogens is 210 g/mol. The van der Waals surface area contributed by atoms with Gasteiger partial charge in [-0.15, -0.1) is 6.58 Å². The van der Waals surface area contributed by atoms with Crippen LogP contribution in [0.1, 0.15) is 25.7 Å². The van der Waals surface area contributed by atoms with Gasteiger partial charge in [-0.2, -0.15) is 0 Å². The SMILES string of the molecule is C=CCCCCCOc1cc(F)ccc1F. The lowest BCUT2D eigenvalue weighted by Gasteiger charge is -2.06. The number of allylic oxidation sites excluding steroid dienone is 1. The summed E-state index contributed by atoms with van der Waals surface area (Å²) in [4.78, 5) is 0. The first kappa shape index (κ1) is 12.7. The number of unbranched alkanes of at least 4 members (excludes halogenated alkanes) is 3. The second kappa shape index (κ2) is 6.99. The molecule has 0 saturated carbocycles. The van der Waals surface area contributed by atoms with Crippen LogP contribution in [0.2, 0.25) is 0 Å². The fourth-order valence-corrected chi connectivity index (χ4v) is 1.34. The minimum absolute atomic E-state index is 0.0104. The third kappa shape index (κ3) is 4.43. The summed E-state index contributed by atoms with van der Waals surface area (Å²) in [6.07, 6.45) is 5.74. The quantitative estimate of drug-likeness (QED) is 0.502. The summed E-state index contributed by atoms with van der Waals surface area (Å²) in [6.45, 7) is 4.04. The molecule has 0 saturated heterocycles. The fourth-order valence-electron chi connectivity index (χ4n) is 1.34. The molecule has 0 bridgehead atoms. The molecule has 0 aromatic heterocycles. The van der Waals surface area contributed by atoms with Crippen LogP contribution in [-0.2, 0) is 0 Å². The molecule has 1 nitrogen and oxygen atoms in total. The first-order valence-corrected chi connectivity index (χ1v) is 5.43. The van der Waals surface area contributed by atoms with E-state index in [-0.39, 0.29) is 5.75 Å². The summed E-state index contributed by atoms with van der Waals surface area (Å²) in [5.41, 5.74) is 0. The third-order valence-electron chi connectivity index (χ3n) is 2.20. The summed E-state index contributed by atoms with van der Waals surface area (Å²) in [7, 11) is 0. The predicted octanol–water partition coefficient (Wildman–Crippen LogP) is 4.09. The molecule has 0 N–H and O–H groups in total. The zero-order valence-electron chi connectivity index (χ0n) is 9.22. The van der Waals surface area contributed by atoms with Gasteiger partial charge in [-0.25, -0.2) is 8.78 Å². The van der Waals surface area contributed by atoms with Crippen molar-refractivity contribution < 1.29 is 13.5 Å². The maximum Gasteiger partial charge on any atom is 0.165 e. The van der Waals surface area contributed by atoms with E-state index in [0.717, 1.165) is 43.9 Å². The molecule has 1 aromatic carbocycles. The molecule has 0 unspecified atom stereocenters. The van der Waals surface area contributed by atoms with Crippen molar-refractivity contribution in [3.63, 3.8) is 0 Å². The summed E-state index contributed by atoms with van der Waals surface area (Å²) in [6, 6.07) is 3.22. The van der Waals surface area contributed by atoms with Crippen LogP contribution in [0.3, 0.4) is 0 Å². The van der Waals surface area contributed by atoms with Crippen molar-refractivity contribution in [3.05, 3.63) is 42.5 Å². The van der Waals surface area contributed by atoms with Crippen molar-refractivity contribution in [1.29, 1.82) is 0 Å². The van der Waals surface area contributed by atoms with Gasteiger partial charge in [0, 0.05) is 6.07 Å². The largest absolute Gasteiger partial charge is 0.490 e. The third-order valence-corrected chi connectivity index (χ3v) is 2.20. The zero-order chi connectivity index (χ0) is 11.8. The predicted molar refractivity (Wildman–Crippen MR) is 60.5 cm³/mol. The Morgan fingerprint density at radius 1 is 1.19 bits per heavy atom. The van der Waals surface area contributed by atoms with E-state index in [9.17, 15) is 8.78 Å². The van der Waals surface area contributed by atoms with Crippen molar-refractivity contribution in [2.75, 3.05) is 6.61 Å². The Morgan fingerprint density at radius 2 is 2.00 bits per heavy atom. The lowest BCUT2D eigenvalue weighted by Crippen LogP contribution is -1.99. The standard InChI is InChI=1S/C13H16F2O/c1-2-3-4-5-6-9-16-13-10-11(14)7-8-12(13)15/h2,7-8,10H,1,3-6,9H2. The topological polar surface area (TPSA) is 9.23 Å². The Morgan fingerprint density at radius 3 is 2.75 bits per heavy atom. The second-order valence-corrected chi connectivity index (χ2v) is 3.56. The van der Waals surface area contributed by atoms with Gasteiger partial charge in [0.25, 0.3) is 0 Å². The number of hydrogen-bond acceptors (Lipinski definition) is 1. The van der Waals surface area contributed by atoms with E-state index in [1.807, 2.05) is 6.08 Å². The van der Waals surface area contributed by atoms with Crippen LogP contribution in [-0.4, -0.2) is 6.61 Å². The van der Waals surface area contributed by atoms with E-state index < -0.39 is 11.6 Å². The molecule has 0 aliphatic heterocycles. The number of ether oxygens (including phenoxy) is 1. The molecule has 0 spiro atoms. The van der Waals surface area contributed by atoms with E-state index in [1.165, 1.54) is 0 Å². The Balaban J connectivity index is 2.26. The van der Waals surface area contributed by atoms with Crippen molar-refractivity contribution in [3.8, 4) is 5.75 Å². The summed E-state index contributed by atoms with van der Waals surface area (Å²) in [5.74, 6) is -1.01. The normalized spacial score (nSPS) is 10.1. The Hall–Kier alpha value is -1.38. The van der Waals surface area contributed by atoms with Crippen LogP contribution in [0.4, 0.5) is 8.78 Å². The highest BCUT2D eigenvalue weighted by atomic mass is 19.1. The highest BCUT2D eigenvalue weighted by Crippen LogP contribution is 2.18. The van der Waals surface area contributed by atoms with Gasteiger partial charge in [-0.3, -0.25) is 0 Å². The van der Waals surface area contributed by atoms with Gasteiger partial charge in [0.05, 0.1) is 6.61 Å². The second-order valence-electron chi connectivity index (χ2n) is 3.56. The smallest absolute Gasteiger partial charge is 0.165 e. The molecule has 0 aliphatic carbocycles. The number of halogens is 2. The highest BCUT2D eigenvalue weighted by Gasteiger charge is 2.04. The van der Waals surface area contributed by atoms with Gasteiger partial charge in [0.2, 0.25) is 0 Å². The number of benzene rings is 1. The van der Waals surface area contributed by atoms with Crippen LogP contribution < -0.4 is 4.74 Å². The fraction of sp³-hybridized carbons (Fsp3) is 0.385. The first-order chi connectivity index (χ1) is 7.74. The minimum atomic E-state index is -0.521. The van der Waals surface area contributed by atoms with Crippen LogP contribution >= 0.6 is 0 Å². The van der Waals surface area contributed by atoms with Crippen molar-refractivity contribution in [2.45, 2.75) is 25.7 Å². The monoisotopic (exact) mass is 226 g/mol. The van der Waals surface area contributed by atoms with Gasteiger partial charge in [-0.1, -0.05) is 6.08 Å². The van der Waals surface area contributed by atoms with E-state index in [1.54, 1.807) is 0 Å². The Kier molecular flexibility index (Phi) is 5.54. The molecule has 0 fully saturated rings. The van der Waals surface area contributed by atoms with Gasteiger partial charge in [0.15, 0.2) is 11.6 Å². The van der Waals surface area contributed by atoms with E-state index in [2.05, 4.69) is 6.58 Å². The first-order valence-electron chi connectivity index (χ1n) is 5.43. The molecule has 3 heteroatoms. The molecule has 88 valence electrons. The molecule has 1 aromatic rings. The molecular formula is C13H16F2O. The average Bonchev–Trinajstić information content (AvgIpc) is 2.28. The van der Waals surface area contributed by atoms with E-state index >= 15 is 0 Å². The molecule has 0 heterocycles. The van der Waals surface area contributed by atoms with Crippen molar-refractivity contribution >= 4 is 0 Å². The summed E-state index contributed by atoms with van der Waals surface area (Å²) >= 11 is 0. The van der Waals surface area contributed by atoms with Crippen LogP contribution in [0, 0.1) is 11.6 Å². The van der Waals surface area contributed by atoms with Crippen LogP contribution in [0.25, 0.3) is 0 Å². The molecule has 1 rings (SSSR count). The Bertz CT molecular complexity index is 337. The Labute approximate surface area is 94.7 Å². The number of hydrogen-bond donors (Lipinski definition) is 0. The highest BCUT2D eigenvalue weighted by molar-refractivity contribution is 5.24. The van der Waals surface area contributed by atoms with Crippen LogP contribution in [0.5, 0.6) is 5.75 Å². The van der Waals surface area contributed by atoms with Gasteiger partial charge in [-0.05, 0) is 37.8 Å². The van der Waals surface area contributed by atoms with Gasteiger partial charge < -0.3 is 4.74 Å². The van der Waals surface area contributed by atoms with E-state index in [0.29, 0.717) is 6.61 Å². The maximum atomic E-state index is 13.1. The molecule has 0 amide bonds. The minimum Gasteiger partial charge on any atom is -0.490 e.